The van der Waals surface area contributed by atoms with Gasteiger partial charge in [0.15, 0.2) is 0 Å². The molecule has 1 heterocycles. The molecule has 0 amide bonds. The van der Waals surface area contributed by atoms with E-state index in [-0.39, 0.29) is 26.0 Å². The average molecular weight is 351 g/mol. The standard InChI is InChI=1S/C16H10F2O2Se/c17-11-3-1-9(7-13(11)19)15-5-6-16(21-15)10-2-4-12(18)14(20)8-10/h1-8,19-20H. The van der Waals surface area contributed by atoms with Crippen LogP contribution >= 0.6 is 0 Å². The summed E-state index contributed by atoms with van der Waals surface area (Å²) in [5, 5.41) is 18.8. The van der Waals surface area contributed by atoms with Crippen molar-refractivity contribution in [2.24, 2.45) is 0 Å². The Morgan fingerprint density at radius 1 is 0.667 bits per heavy atom. The van der Waals surface area contributed by atoms with E-state index in [1.54, 1.807) is 12.1 Å². The fourth-order valence-electron chi connectivity index (χ4n) is 1.98. The van der Waals surface area contributed by atoms with Crippen LogP contribution in [0.4, 0.5) is 8.78 Å². The number of hydrogen-bond acceptors (Lipinski definition) is 2. The van der Waals surface area contributed by atoms with Gasteiger partial charge in [-0.25, -0.2) is 0 Å². The third-order valence-corrected chi connectivity index (χ3v) is 5.55. The molecule has 0 saturated carbocycles. The van der Waals surface area contributed by atoms with Gasteiger partial charge in [0.25, 0.3) is 0 Å². The topological polar surface area (TPSA) is 40.5 Å². The predicted octanol–water partition coefficient (Wildman–Crippen LogP) is 3.77. The SMILES string of the molecule is Oc1cc(-c2ccc(-c3ccc(F)c(O)c3)[se]2)ccc1F. The number of aromatic hydroxyl groups is 2. The first-order chi connectivity index (χ1) is 10.0. The van der Waals surface area contributed by atoms with E-state index in [1.807, 2.05) is 12.1 Å². The van der Waals surface area contributed by atoms with Gasteiger partial charge in [-0.05, 0) is 0 Å². The molecule has 106 valence electrons. The van der Waals surface area contributed by atoms with Gasteiger partial charge in [-0.1, -0.05) is 0 Å². The number of benzene rings is 2. The first kappa shape index (κ1) is 13.9. The summed E-state index contributed by atoms with van der Waals surface area (Å²) in [4.78, 5) is 0. The van der Waals surface area contributed by atoms with Gasteiger partial charge in [-0.15, -0.1) is 0 Å². The Labute approximate surface area is 125 Å². The van der Waals surface area contributed by atoms with Crippen LogP contribution in [0.1, 0.15) is 0 Å². The third kappa shape index (κ3) is 2.71. The van der Waals surface area contributed by atoms with Gasteiger partial charge >= 0.3 is 125 Å². The summed E-state index contributed by atoms with van der Waals surface area (Å²) in [5.74, 6) is -2.06. The number of phenolic OH excluding ortho intramolecular Hbond substituents is 2. The van der Waals surface area contributed by atoms with Crippen molar-refractivity contribution in [3.8, 4) is 31.5 Å². The molecule has 0 radical (unpaired) electrons. The molecule has 2 aromatic carbocycles. The molecule has 0 bridgehead atoms. The molecule has 2 nitrogen and oxygen atoms in total. The number of halogens is 2. The fraction of sp³-hybridized carbons (Fsp3) is 0. The second kappa shape index (κ2) is 5.35. The van der Waals surface area contributed by atoms with Crippen molar-refractivity contribution in [2.75, 3.05) is 0 Å². The van der Waals surface area contributed by atoms with E-state index in [4.69, 9.17) is 0 Å². The summed E-state index contributed by atoms with van der Waals surface area (Å²) in [6.45, 7) is 0. The second-order valence-corrected chi connectivity index (χ2v) is 6.77. The Morgan fingerprint density at radius 3 is 1.48 bits per heavy atom. The normalized spacial score (nSPS) is 10.8. The van der Waals surface area contributed by atoms with Crippen LogP contribution in [0.25, 0.3) is 20.0 Å². The summed E-state index contributed by atoms with van der Waals surface area (Å²) in [7, 11) is 0. The van der Waals surface area contributed by atoms with Gasteiger partial charge in [0.2, 0.25) is 0 Å². The first-order valence-electron chi connectivity index (χ1n) is 6.12. The van der Waals surface area contributed by atoms with Gasteiger partial charge in [0.05, 0.1) is 0 Å². The predicted molar refractivity (Wildman–Crippen MR) is 77.5 cm³/mol. The van der Waals surface area contributed by atoms with Gasteiger partial charge in [0, 0.05) is 0 Å². The van der Waals surface area contributed by atoms with Crippen LogP contribution < -0.4 is 0 Å². The summed E-state index contributed by atoms with van der Waals surface area (Å²) in [6, 6.07) is 12.2. The molecule has 0 saturated heterocycles. The zero-order valence-electron chi connectivity index (χ0n) is 10.7. The van der Waals surface area contributed by atoms with Crippen molar-refractivity contribution in [1.29, 1.82) is 0 Å². The molecule has 0 aliphatic carbocycles. The van der Waals surface area contributed by atoms with Gasteiger partial charge < -0.3 is 0 Å². The number of hydrogen-bond donors (Lipinski definition) is 2. The van der Waals surface area contributed by atoms with Crippen molar-refractivity contribution in [1.82, 2.24) is 0 Å². The Morgan fingerprint density at radius 2 is 1.10 bits per heavy atom. The van der Waals surface area contributed by atoms with Crippen LogP contribution in [0, 0.1) is 11.6 Å². The van der Waals surface area contributed by atoms with E-state index in [1.165, 1.54) is 24.3 Å². The van der Waals surface area contributed by atoms with Crippen LogP contribution in [0.5, 0.6) is 11.5 Å². The Bertz CT molecular complexity index is 746. The van der Waals surface area contributed by atoms with E-state index >= 15 is 0 Å². The van der Waals surface area contributed by atoms with Gasteiger partial charge in [-0.2, -0.15) is 0 Å². The first-order valence-corrected chi connectivity index (χ1v) is 7.83. The molecular formula is C16H10F2O2Se. The van der Waals surface area contributed by atoms with E-state index in [0.717, 1.165) is 20.0 Å². The zero-order valence-corrected chi connectivity index (χ0v) is 12.4. The number of phenols is 2. The second-order valence-electron chi connectivity index (χ2n) is 4.50. The quantitative estimate of drug-likeness (QED) is 0.690. The summed E-state index contributed by atoms with van der Waals surface area (Å²) in [6.07, 6.45) is 0. The van der Waals surface area contributed by atoms with E-state index in [9.17, 15) is 19.0 Å². The van der Waals surface area contributed by atoms with Gasteiger partial charge in [0.1, 0.15) is 0 Å². The van der Waals surface area contributed by atoms with Crippen LogP contribution in [0.15, 0.2) is 48.5 Å². The molecule has 0 unspecified atom stereocenters. The van der Waals surface area contributed by atoms with Crippen molar-refractivity contribution >= 4 is 14.5 Å². The van der Waals surface area contributed by atoms with Crippen LogP contribution in [0.2, 0.25) is 0 Å². The summed E-state index contributed by atoms with van der Waals surface area (Å²) >= 11 is -0.0610. The molecule has 3 aromatic rings. The zero-order chi connectivity index (χ0) is 15.0. The van der Waals surface area contributed by atoms with Gasteiger partial charge in [-0.3, -0.25) is 0 Å². The molecule has 1 aromatic heterocycles. The molecule has 0 aliphatic heterocycles. The summed E-state index contributed by atoms with van der Waals surface area (Å²) < 4.78 is 28.1. The fourth-order valence-corrected chi connectivity index (χ4v) is 4.08. The maximum atomic E-state index is 13.1. The molecular weight excluding hydrogens is 341 g/mol. The molecule has 0 atom stereocenters. The van der Waals surface area contributed by atoms with Crippen LogP contribution in [-0.2, 0) is 0 Å². The van der Waals surface area contributed by atoms with Crippen molar-refractivity contribution in [3.05, 3.63) is 60.2 Å². The van der Waals surface area contributed by atoms with Crippen molar-refractivity contribution < 1.29 is 19.0 Å². The maximum absolute atomic E-state index is 13.1. The van der Waals surface area contributed by atoms with E-state index in [2.05, 4.69) is 0 Å². The molecule has 3 rings (SSSR count). The molecule has 0 spiro atoms. The minimum absolute atomic E-state index is 0.0610. The molecule has 5 heteroatoms. The van der Waals surface area contributed by atoms with Crippen molar-refractivity contribution in [3.63, 3.8) is 0 Å². The monoisotopic (exact) mass is 352 g/mol. The van der Waals surface area contributed by atoms with Crippen molar-refractivity contribution in [2.45, 2.75) is 0 Å². The molecule has 2 N–H and O–H groups in total. The summed E-state index contributed by atoms with van der Waals surface area (Å²) in [5.41, 5.74) is 1.51. The van der Waals surface area contributed by atoms with Crippen LogP contribution in [-0.4, -0.2) is 24.7 Å². The molecule has 0 aliphatic rings. The number of rotatable bonds is 2. The molecule has 0 fully saturated rings. The van der Waals surface area contributed by atoms with E-state index < -0.39 is 11.6 Å². The Hall–Kier alpha value is -2.10. The third-order valence-electron chi connectivity index (χ3n) is 3.07. The average Bonchev–Trinajstić information content (AvgIpc) is 2.94. The molecule has 21 heavy (non-hydrogen) atoms. The van der Waals surface area contributed by atoms with E-state index in [0.29, 0.717) is 0 Å². The Kier molecular flexibility index (Phi) is 3.53. The Balaban J connectivity index is 1.99. The minimum atomic E-state index is -0.651. The van der Waals surface area contributed by atoms with Crippen LogP contribution in [0.3, 0.4) is 0 Å².